The number of nitrogens with zero attached hydrogens (tertiary/aromatic N) is 2. The Morgan fingerprint density at radius 2 is 2.20 bits per heavy atom. The van der Waals surface area contributed by atoms with E-state index in [9.17, 15) is 0 Å². The fourth-order valence-corrected chi connectivity index (χ4v) is 4.25. The third kappa shape index (κ3) is 4.93. The lowest BCUT2D eigenvalue weighted by molar-refractivity contribution is 0.554. The zero-order valence-electron chi connectivity index (χ0n) is 13.1. The summed E-state index contributed by atoms with van der Waals surface area (Å²) in [6, 6.07) is 0. The number of thioether (sulfide) groups is 1. The zero-order chi connectivity index (χ0) is 14.6. The highest BCUT2D eigenvalue weighted by Gasteiger charge is 2.24. The highest BCUT2D eigenvalue weighted by atomic mass is 32.2. The van der Waals surface area contributed by atoms with E-state index in [1.807, 2.05) is 17.5 Å². The Labute approximate surface area is 131 Å². The van der Waals surface area contributed by atoms with Crippen molar-refractivity contribution < 1.29 is 0 Å². The third-order valence-corrected chi connectivity index (χ3v) is 5.93. The van der Waals surface area contributed by atoms with Crippen LogP contribution < -0.4 is 10.2 Å². The standard InChI is InChI=1S/C15H27N3S2/c1-12(2)9-16-10-13-11-17-14(20-13)18-6-5-15(3,4)19-8-7-18/h11-12,16H,5-10H2,1-4H3. The van der Waals surface area contributed by atoms with E-state index in [0.717, 1.165) is 26.2 Å². The van der Waals surface area contributed by atoms with Crippen molar-refractivity contribution in [2.24, 2.45) is 5.92 Å². The van der Waals surface area contributed by atoms with Crippen LogP contribution in [0.2, 0.25) is 0 Å². The SMILES string of the molecule is CC(C)CNCc1cnc(N2CCSC(C)(C)CC2)s1. The van der Waals surface area contributed by atoms with Gasteiger partial charge in [-0.1, -0.05) is 27.7 Å². The number of anilines is 1. The van der Waals surface area contributed by atoms with Crippen LogP contribution in [0.15, 0.2) is 6.20 Å². The summed E-state index contributed by atoms with van der Waals surface area (Å²) in [6.45, 7) is 13.5. The Morgan fingerprint density at radius 3 is 2.95 bits per heavy atom. The van der Waals surface area contributed by atoms with Crippen molar-refractivity contribution >= 4 is 28.2 Å². The average Bonchev–Trinajstić information content (AvgIpc) is 2.74. The molecule has 1 N–H and O–H groups in total. The topological polar surface area (TPSA) is 28.2 Å². The summed E-state index contributed by atoms with van der Waals surface area (Å²) in [5.74, 6) is 1.90. The molecule has 3 nitrogen and oxygen atoms in total. The molecule has 1 aliphatic rings. The Morgan fingerprint density at radius 1 is 1.40 bits per heavy atom. The van der Waals surface area contributed by atoms with Gasteiger partial charge in [0.15, 0.2) is 5.13 Å². The summed E-state index contributed by atoms with van der Waals surface area (Å²) in [6.07, 6.45) is 3.27. The van der Waals surface area contributed by atoms with Gasteiger partial charge in [-0.05, 0) is 18.9 Å². The quantitative estimate of drug-likeness (QED) is 0.899. The van der Waals surface area contributed by atoms with Gasteiger partial charge in [0.25, 0.3) is 0 Å². The summed E-state index contributed by atoms with van der Waals surface area (Å²) in [4.78, 5) is 8.42. The smallest absolute Gasteiger partial charge is 0.185 e. The van der Waals surface area contributed by atoms with Gasteiger partial charge in [-0.25, -0.2) is 4.98 Å². The van der Waals surface area contributed by atoms with Crippen LogP contribution in [0.3, 0.4) is 0 Å². The first-order valence-corrected chi connectivity index (χ1v) is 9.31. The Hall–Kier alpha value is -0.260. The molecule has 0 aliphatic carbocycles. The van der Waals surface area contributed by atoms with Gasteiger partial charge < -0.3 is 10.2 Å². The summed E-state index contributed by atoms with van der Waals surface area (Å²) in [7, 11) is 0. The molecule has 0 saturated carbocycles. The van der Waals surface area contributed by atoms with E-state index in [2.05, 4.69) is 54.7 Å². The molecule has 2 heterocycles. The van der Waals surface area contributed by atoms with Crippen molar-refractivity contribution in [3.63, 3.8) is 0 Å². The van der Waals surface area contributed by atoms with Crippen molar-refractivity contribution in [2.75, 3.05) is 30.3 Å². The van der Waals surface area contributed by atoms with Crippen molar-refractivity contribution in [3.8, 4) is 0 Å². The van der Waals surface area contributed by atoms with Crippen LogP contribution in [0.25, 0.3) is 0 Å². The maximum Gasteiger partial charge on any atom is 0.185 e. The van der Waals surface area contributed by atoms with E-state index in [1.165, 1.54) is 22.2 Å². The molecule has 0 radical (unpaired) electrons. The lowest BCUT2D eigenvalue weighted by Crippen LogP contribution is -2.26. The van der Waals surface area contributed by atoms with Gasteiger partial charge in [0, 0.05) is 41.2 Å². The molecular formula is C15H27N3S2. The zero-order valence-corrected chi connectivity index (χ0v) is 14.7. The van der Waals surface area contributed by atoms with E-state index in [0.29, 0.717) is 10.7 Å². The molecule has 1 fully saturated rings. The molecule has 0 aromatic carbocycles. The number of hydrogen-bond acceptors (Lipinski definition) is 5. The molecular weight excluding hydrogens is 286 g/mol. The minimum absolute atomic E-state index is 0.410. The third-order valence-electron chi connectivity index (χ3n) is 3.50. The van der Waals surface area contributed by atoms with Crippen molar-refractivity contribution in [1.29, 1.82) is 0 Å². The molecule has 2 rings (SSSR count). The fourth-order valence-electron chi connectivity index (χ4n) is 2.22. The Kier molecular flexibility index (Phi) is 5.75. The molecule has 114 valence electrons. The summed E-state index contributed by atoms with van der Waals surface area (Å²) in [5.41, 5.74) is 0. The second-order valence-electron chi connectivity index (χ2n) is 6.48. The lowest BCUT2D eigenvalue weighted by atomic mass is 10.1. The summed E-state index contributed by atoms with van der Waals surface area (Å²) >= 11 is 3.93. The first-order chi connectivity index (χ1) is 9.46. The molecule has 0 amide bonds. The van der Waals surface area contributed by atoms with Crippen molar-refractivity contribution in [2.45, 2.75) is 45.4 Å². The molecule has 1 aromatic heterocycles. The van der Waals surface area contributed by atoms with Gasteiger partial charge in [-0.3, -0.25) is 0 Å². The molecule has 1 aliphatic heterocycles. The van der Waals surface area contributed by atoms with E-state index >= 15 is 0 Å². The molecule has 0 unspecified atom stereocenters. The van der Waals surface area contributed by atoms with Gasteiger partial charge in [0.2, 0.25) is 0 Å². The van der Waals surface area contributed by atoms with Gasteiger partial charge >= 0.3 is 0 Å². The molecule has 20 heavy (non-hydrogen) atoms. The van der Waals surface area contributed by atoms with Crippen LogP contribution in [-0.4, -0.2) is 35.1 Å². The van der Waals surface area contributed by atoms with Gasteiger partial charge in [-0.15, -0.1) is 11.3 Å². The van der Waals surface area contributed by atoms with E-state index in [-0.39, 0.29) is 0 Å². The second kappa shape index (κ2) is 7.14. The van der Waals surface area contributed by atoms with Gasteiger partial charge in [0.05, 0.1) is 0 Å². The minimum atomic E-state index is 0.410. The summed E-state index contributed by atoms with van der Waals surface area (Å²) < 4.78 is 0.410. The number of rotatable bonds is 5. The van der Waals surface area contributed by atoms with Crippen LogP contribution >= 0.6 is 23.1 Å². The molecule has 1 saturated heterocycles. The number of thiazole rings is 1. The van der Waals surface area contributed by atoms with E-state index < -0.39 is 0 Å². The molecule has 0 spiro atoms. The second-order valence-corrected chi connectivity index (χ2v) is 9.37. The average molecular weight is 314 g/mol. The Bertz CT molecular complexity index is 415. The van der Waals surface area contributed by atoms with Gasteiger partial charge in [0.1, 0.15) is 0 Å². The fraction of sp³-hybridized carbons (Fsp3) is 0.800. The predicted molar refractivity (Wildman–Crippen MR) is 92.0 cm³/mol. The maximum atomic E-state index is 4.62. The number of hydrogen-bond donors (Lipinski definition) is 1. The predicted octanol–water partition coefficient (Wildman–Crippen LogP) is 3.61. The molecule has 0 bridgehead atoms. The monoisotopic (exact) mass is 313 g/mol. The van der Waals surface area contributed by atoms with Crippen LogP contribution in [0.4, 0.5) is 5.13 Å². The van der Waals surface area contributed by atoms with Crippen LogP contribution in [-0.2, 0) is 6.54 Å². The summed E-state index contributed by atoms with van der Waals surface area (Å²) in [5, 5.41) is 4.69. The van der Waals surface area contributed by atoms with E-state index in [4.69, 9.17) is 0 Å². The first-order valence-electron chi connectivity index (χ1n) is 7.50. The largest absolute Gasteiger partial charge is 0.347 e. The van der Waals surface area contributed by atoms with Crippen molar-refractivity contribution in [1.82, 2.24) is 10.3 Å². The molecule has 5 heteroatoms. The number of nitrogens with one attached hydrogen (secondary N) is 1. The highest BCUT2D eigenvalue weighted by molar-refractivity contribution is 8.00. The highest BCUT2D eigenvalue weighted by Crippen LogP contribution is 2.33. The van der Waals surface area contributed by atoms with Gasteiger partial charge in [-0.2, -0.15) is 11.8 Å². The molecule has 1 aromatic rings. The number of aromatic nitrogens is 1. The lowest BCUT2D eigenvalue weighted by Gasteiger charge is -2.22. The molecule has 0 atom stereocenters. The normalized spacial score (nSPS) is 19.4. The Balaban J connectivity index is 1.88. The van der Waals surface area contributed by atoms with Crippen LogP contribution in [0.5, 0.6) is 0 Å². The van der Waals surface area contributed by atoms with Crippen molar-refractivity contribution in [3.05, 3.63) is 11.1 Å². The van der Waals surface area contributed by atoms with Crippen LogP contribution in [0, 0.1) is 5.92 Å². The maximum absolute atomic E-state index is 4.62. The van der Waals surface area contributed by atoms with Crippen LogP contribution in [0.1, 0.15) is 39.0 Å². The van der Waals surface area contributed by atoms with E-state index in [1.54, 1.807) is 0 Å². The minimum Gasteiger partial charge on any atom is -0.347 e. The first kappa shape index (κ1) is 16.1.